The maximum Gasteiger partial charge on any atom is 0.229 e. The molecule has 2 aliphatic heterocycles. The second-order valence-electron chi connectivity index (χ2n) is 10.1. The normalized spacial score (nSPS) is 17.8. The van der Waals surface area contributed by atoms with Crippen LogP contribution in [0.25, 0.3) is 11.2 Å². The van der Waals surface area contributed by atoms with Gasteiger partial charge in [0.15, 0.2) is 17.0 Å². The molecule has 1 aromatic carbocycles. The van der Waals surface area contributed by atoms with E-state index in [1.165, 1.54) is 0 Å². The number of anilines is 2. The van der Waals surface area contributed by atoms with E-state index in [2.05, 4.69) is 27.3 Å². The van der Waals surface area contributed by atoms with Crippen LogP contribution in [0.1, 0.15) is 45.1 Å². The van der Waals surface area contributed by atoms with Crippen molar-refractivity contribution in [1.29, 1.82) is 0 Å². The van der Waals surface area contributed by atoms with E-state index in [0.717, 1.165) is 56.7 Å². The van der Waals surface area contributed by atoms with Crippen molar-refractivity contribution in [3.63, 3.8) is 0 Å². The van der Waals surface area contributed by atoms with Crippen LogP contribution in [0.15, 0.2) is 36.7 Å². The lowest BCUT2D eigenvalue weighted by molar-refractivity contribution is -0.135. The van der Waals surface area contributed by atoms with E-state index in [9.17, 15) is 9.59 Å². The molecular weight excluding hydrogens is 480 g/mol. The van der Waals surface area contributed by atoms with Gasteiger partial charge in [-0.1, -0.05) is 30.3 Å². The molecule has 2 aromatic heterocycles. The summed E-state index contributed by atoms with van der Waals surface area (Å²) < 4.78 is 2.02. The molecular formula is C28H38N8O2. The van der Waals surface area contributed by atoms with Gasteiger partial charge in [-0.05, 0) is 38.7 Å². The van der Waals surface area contributed by atoms with Crippen LogP contribution in [-0.2, 0) is 22.7 Å². The third-order valence-electron chi connectivity index (χ3n) is 7.67. The Morgan fingerprint density at radius 3 is 2.63 bits per heavy atom. The van der Waals surface area contributed by atoms with Gasteiger partial charge in [-0.15, -0.1) is 0 Å². The average Bonchev–Trinajstić information content (AvgIpc) is 3.57. The molecule has 2 aliphatic rings. The van der Waals surface area contributed by atoms with E-state index < -0.39 is 0 Å². The van der Waals surface area contributed by atoms with Gasteiger partial charge < -0.3 is 24.6 Å². The summed E-state index contributed by atoms with van der Waals surface area (Å²) in [5, 5.41) is 3.48. The van der Waals surface area contributed by atoms with E-state index in [-0.39, 0.29) is 17.7 Å². The number of carbonyl (C=O) groups is 2. The number of hydrogen-bond donors (Lipinski definition) is 1. The number of benzene rings is 1. The van der Waals surface area contributed by atoms with Gasteiger partial charge in [0.25, 0.3) is 0 Å². The molecule has 3 aromatic rings. The zero-order chi connectivity index (χ0) is 26.5. The molecule has 0 bridgehead atoms. The summed E-state index contributed by atoms with van der Waals surface area (Å²) in [6, 6.07) is 10.2. The lowest BCUT2D eigenvalue weighted by Crippen LogP contribution is -2.45. The maximum atomic E-state index is 13.1. The number of aromatic nitrogens is 4. The van der Waals surface area contributed by atoms with E-state index >= 15 is 0 Å². The fraction of sp³-hybridized carbons (Fsp3) is 0.536. The first-order valence-electron chi connectivity index (χ1n) is 13.9. The predicted molar refractivity (Wildman–Crippen MR) is 148 cm³/mol. The van der Waals surface area contributed by atoms with Crippen LogP contribution in [0.4, 0.5) is 11.8 Å². The van der Waals surface area contributed by atoms with Crippen LogP contribution in [0.5, 0.6) is 0 Å². The third kappa shape index (κ3) is 5.58. The molecule has 1 N–H and O–H groups in total. The highest BCUT2D eigenvalue weighted by atomic mass is 16.2. The van der Waals surface area contributed by atoms with E-state index in [1.54, 1.807) is 6.33 Å². The number of piperidine rings is 1. The van der Waals surface area contributed by atoms with Crippen LogP contribution < -0.4 is 10.2 Å². The van der Waals surface area contributed by atoms with Crippen molar-refractivity contribution in [1.82, 2.24) is 29.3 Å². The van der Waals surface area contributed by atoms with Crippen molar-refractivity contribution in [2.45, 2.75) is 52.6 Å². The molecule has 0 aliphatic carbocycles. The van der Waals surface area contributed by atoms with E-state index in [1.807, 2.05) is 46.4 Å². The first kappa shape index (κ1) is 25.9. The number of imidazole rings is 1. The molecule has 4 heterocycles. The summed E-state index contributed by atoms with van der Waals surface area (Å²) in [5.41, 5.74) is 2.61. The number of likely N-dealkylation sites (tertiary alicyclic amines) is 1. The fourth-order valence-electron chi connectivity index (χ4n) is 5.47. The van der Waals surface area contributed by atoms with Gasteiger partial charge >= 0.3 is 0 Å². The number of nitrogens with zero attached hydrogens (tertiary/aromatic N) is 7. The number of amides is 2. The Morgan fingerprint density at radius 1 is 1.08 bits per heavy atom. The summed E-state index contributed by atoms with van der Waals surface area (Å²) in [7, 11) is 0. The van der Waals surface area contributed by atoms with E-state index in [4.69, 9.17) is 9.97 Å². The lowest BCUT2D eigenvalue weighted by atomic mass is 9.96. The van der Waals surface area contributed by atoms with Crippen molar-refractivity contribution >= 4 is 34.7 Å². The largest absolute Gasteiger partial charge is 0.364 e. The topological polar surface area (TPSA) is 99.5 Å². The first-order chi connectivity index (χ1) is 18.6. The van der Waals surface area contributed by atoms with Crippen molar-refractivity contribution in [2.24, 2.45) is 5.92 Å². The van der Waals surface area contributed by atoms with Crippen molar-refractivity contribution in [2.75, 3.05) is 49.5 Å². The number of hydrogen-bond acceptors (Lipinski definition) is 7. The van der Waals surface area contributed by atoms with Crippen molar-refractivity contribution < 1.29 is 9.59 Å². The van der Waals surface area contributed by atoms with Gasteiger partial charge in [0.2, 0.25) is 17.8 Å². The van der Waals surface area contributed by atoms with Crippen LogP contribution in [0.2, 0.25) is 0 Å². The molecule has 0 spiro atoms. The molecule has 38 heavy (non-hydrogen) atoms. The van der Waals surface area contributed by atoms with Gasteiger partial charge in [-0.2, -0.15) is 9.97 Å². The van der Waals surface area contributed by atoms with Gasteiger partial charge in [-0.25, -0.2) is 4.98 Å². The second kappa shape index (κ2) is 11.8. The molecule has 2 saturated heterocycles. The SMILES string of the molecule is CCN(CC)C(=O)C1CCCN(c2nc(NCc3ccccc3)c3ncn(CCN4CCCC4=O)c3n2)C1. The molecule has 2 fully saturated rings. The van der Waals surface area contributed by atoms with Crippen LogP contribution >= 0.6 is 0 Å². The van der Waals surface area contributed by atoms with Gasteiger partial charge in [-0.3, -0.25) is 9.59 Å². The highest BCUT2D eigenvalue weighted by molar-refractivity contribution is 5.85. The summed E-state index contributed by atoms with van der Waals surface area (Å²) in [4.78, 5) is 45.8. The van der Waals surface area contributed by atoms with Gasteiger partial charge in [0.05, 0.1) is 12.2 Å². The quantitative estimate of drug-likeness (QED) is 0.440. The van der Waals surface area contributed by atoms with Crippen LogP contribution in [-0.4, -0.2) is 80.4 Å². The van der Waals surface area contributed by atoms with Crippen LogP contribution in [0.3, 0.4) is 0 Å². The van der Waals surface area contributed by atoms with E-state index in [0.29, 0.717) is 49.9 Å². The van der Waals surface area contributed by atoms with Crippen LogP contribution in [0, 0.1) is 5.92 Å². The molecule has 5 rings (SSSR count). The monoisotopic (exact) mass is 518 g/mol. The van der Waals surface area contributed by atoms with Gasteiger partial charge in [0, 0.05) is 58.8 Å². The fourth-order valence-corrected chi connectivity index (χ4v) is 5.47. The van der Waals surface area contributed by atoms with Crippen molar-refractivity contribution in [3.8, 4) is 0 Å². The highest BCUT2D eigenvalue weighted by Crippen LogP contribution is 2.27. The highest BCUT2D eigenvalue weighted by Gasteiger charge is 2.30. The Bertz CT molecular complexity index is 1260. The Labute approximate surface area is 224 Å². The Kier molecular flexibility index (Phi) is 8.05. The maximum absolute atomic E-state index is 13.1. The Balaban J connectivity index is 1.43. The molecule has 2 amide bonds. The summed E-state index contributed by atoms with van der Waals surface area (Å²) in [6.07, 6.45) is 5.15. The predicted octanol–water partition coefficient (Wildman–Crippen LogP) is 3.15. The summed E-state index contributed by atoms with van der Waals surface area (Å²) in [5.74, 6) is 1.66. The van der Waals surface area contributed by atoms with Gasteiger partial charge in [0.1, 0.15) is 0 Å². The lowest BCUT2D eigenvalue weighted by Gasteiger charge is -2.34. The zero-order valence-electron chi connectivity index (χ0n) is 22.5. The Hall–Kier alpha value is -3.69. The number of rotatable bonds is 10. The molecule has 202 valence electrons. The molecule has 1 unspecified atom stereocenters. The summed E-state index contributed by atoms with van der Waals surface area (Å²) >= 11 is 0. The summed E-state index contributed by atoms with van der Waals surface area (Å²) in [6.45, 7) is 9.61. The van der Waals surface area contributed by atoms with Crippen molar-refractivity contribution in [3.05, 3.63) is 42.2 Å². The average molecular weight is 519 g/mol. The minimum absolute atomic E-state index is 0.0604. The Morgan fingerprint density at radius 2 is 1.89 bits per heavy atom. The molecule has 0 saturated carbocycles. The second-order valence-corrected chi connectivity index (χ2v) is 10.1. The standard InChI is InChI=1S/C28H38N8O2/c1-3-33(4-2)27(38)22-12-8-15-35(19-22)28-31-25(29-18-21-10-6-5-7-11-21)24-26(32-28)36(20-30-24)17-16-34-14-9-13-23(34)37/h5-7,10-11,20,22H,3-4,8-9,12-19H2,1-2H3,(H,29,31,32). The molecule has 10 nitrogen and oxygen atoms in total. The molecule has 0 radical (unpaired) electrons. The number of nitrogens with one attached hydrogen (secondary N) is 1. The molecule has 10 heteroatoms. The smallest absolute Gasteiger partial charge is 0.229 e. The minimum atomic E-state index is -0.0604. The number of carbonyl (C=O) groups excluding carboxylic acids is 2. The number of fused-ring (bicyclic) bond motifs is 1. The minimum Gasteiger partial charge on any atom is -0.364 e. The first-order valence-corrected chi connectivity index (χ1v) is 13.9. The zero-order valence-corrected chi connectivity index (χ0v) is 22.5. The third-order valence-corrected chi connectivity index (χ3v) is 7.67. The molecule has 1 atom stereocenters.